The van der Waals surface area contributed by atoms with Gasteiger partial charge in [-0.2, -0.15) is 0 Å². The number of para-hydroxylation sites is 1. The van der Waals surface area contributed by atoms with Crippen LogP contribution in [0, 0.1) is 6.92 Å². The molecule has 178 valence electrons. The summed E-state index contributed by atoms with van der Waals surface area (Å²) in [6.07, 6.45) is 4.81. The fraction of sp³-hybridized carbons (Fsp3) is 0.207. The summed E-state index contributed by atoms with van der Waals surface area (Å²) in [6, 6.07) is 26.1. The van der Waals surface area contributed by atoms with Crippen LogP contribution >= 0.6 is 24.0 Å². The van der Waals surface area contributed by atoms with E-state index in [9.17, 15) is 9.59 Å². The third-order valence-corrected chi connectivity index (χ3v) is 7.27. The molecule has 0 aliphatic carbocycles. The van der Waals surface area contributed by atoms with Crippen LogP contribution in [0.1, 0.15) is 36.8 Å². The van der Waals surface area contributed by atoms with E-state index in [2.05, 4.69) is 29.6 Å². The Morgan fingerprint density at radius 1 is 0.914 bits per heavy atom. The second kappa shape index (κ2) is 12.0. The number of hydrogen-bond acceptors (Lipinski definition) is 4. The summed E-state index contributed by atoms with van der Waals surface area (Å²) in [4.78, 5) is 27.4. The average Bonchev–Trinajstić information content (AvgIpc) is 3.13. The summed E-state index contributed by atoms with van der Waals surface area (Å²) in [6.45, 7) is 2.56. The van der Waals surface area contributed by atoms with Crippen molar-refractivity contribution in [1.29, 1.82) is 0 Å². The molecule has 3 aromatic rings. The SMILES string of the molecule is Cc1ccccc1NC(=O)CCCCCN1C(=O)/C(=C/c2ccc(-c3ccccc3)cc2)SC1=S. The van der Waals surface area contributed by atoms with Crippen molar-refractivity contribution >= 4 is 51.9 Å². The third-order valence-electron chi connectivity index (χ3n) is 5.89. The number of unbranched alkanes of at least 4 members (excludes halogenated alkanes) is 2. The first kappa shape index (κ1) is 24.9. The number of benzene rings is 3. The van der Waals surface area contributed by atoms with E-state index in [-0.39, 0.29) is 11.8 Å². The molecule has 0 unspecified atom stereocenters. The van der Waals surface area contributed by atoms with Crippen LogP contribution in [0.25, 0.3) is 17.2 Å². The Balaban J connectivity index is 1.24. The average molecular weight is 501 g/mol. The zero-order valence-electron chi connectivity index (χ0n) is 19.7. The Morgan fingerprint density at radius 2 is 1.60 bits per heavy atom. The van der Waals surface area contributed by atoms with Crippen LogP contribution in [0.4, 0.5) is 5.69 Å². The van der Waals surface area contributed by atoms with Crippen LogP contribution in [0.2, 0.25) is 0 Å². The first-order valence-electron chi connectivity index (χ1n) is 11.8. The van der Waals surface area contributed by atoms with Gasteiger partial charge in [0.25, 0.3) is 5.91 Å². The van der Waals surface area contributed by atoms with Crippen LogP contribution in [-0.2, 0) is 9.59 Å². The van der Waals surface area contributed by atoms with Crippen molar-refractivity contribution in [2.75, 3.05) is 11.9 Å². The molecule has 1 heterocycles. The zero-order valence-corrected chi connectivity index (χ0v) is 21.3. The molecule has 0 aromatic heterocycles. The molecule has 3 aromatic carbocycles. The number of hydrogen-bond donors (Lipinski definition) is 1. The largest absolute Gasteiger partial charge is 0.326 e. The Bertz CT molecular complexity index is 1240. The summed E-state index contributed by atoms with van der Waals surface area (Å²) in [7, 11) is 0. The Labute approximate surface area is 216 Å². The lowest BCUT2D eigenvalue weighted by molar-refractivity contribution is -0.122. The molecule has 0 atom stereocenters. The van der Waals surface area contributed by atoms with Crippen LogP contribution in [-0.4, -0.2) is 27.6 Å². The molecule has 1 N–H and O–H groups in total. The van der Waals surface area contributed by atoms with E-state index in [1.54, 1.807) is 4.90 Å². The zero-order chi connectivity index (χ0) is 24.6. The third kappa shape index (κ3) is 6.68. The second-order valence-electron chi connectivity index (χ2n) is 8.50. The molecular formula is C29H28N2O2S2. The molecule has 1 saturated heterocycles. The Hall–Kier alpha value is -3.22. The first-order valence-corrected chi connectivity index (χ1v) is 13.0. The standard InChI is InChI=1S/C29H28N2O2S2/c1-21-10-7-8-13-25(21)30-27(32)14-6-3-9-19-31-28(33)26(35-29(31)34)20-22-15-17-24(18-16-22)23-11-4-2-5-12-23/h2,4-5,7-8,10-13,15-18,20H,3,6,9,14,19H2,1H3,(H,30,32)/b26-20-. The number of nitrogens with zero attached hydrogens (tertiary/aromatic N) is 1. The second-order valence-corrected chi connectivity index (χ2v) is 10.2. The fourth-order valence-electron chi connectivity index (χ4n) is 3.90. The minimum Gasteiger partial charge on any atom is -0.326 e. The van der Waals surface area contributed by atoms with Crippen molar-refractivity contribution in [2.24, 2.45) is 0 Å². The maximum atomic E-state index is 12.9. The van der Waals surface area contributed by atoms with Crippen LogP contribution in [0.5, 0.6) is 0 Å². The van der Waals surface area contributed by atoms with Gasteiger partial charge >= 0.3 is 0 Å². The molecule has 0 spiro atoms. The molecule has 1 fully saturated rings. The van der Waals surface area contributed by atoms with Gasteiger partial charge < -0.3 is 5.32 Å². The van der Waals surface area contributed by atoms with Crippen molar-refractivity contribution in [1.82, 2.24) is 4.90 Å². The predicted octanol–water partition coefficient (Wildman–Crippen LogP) is 7.06. The summed E-state index contributed by atoms with van der Waals surface area (Å²) < 4.78 is 0.597. The van der Waals surface area contributed by atoms with Crippen molar-refractivity contribution in [3.05, 3.63) is 94.9 Å². The fourth-order valence-corrected chi connectivity index (χ4v) is 5.21. The number of anilines is 1. The normalized spacial score (nSPS) is 14.5. The highest BCUT2D eigenvalue weighted by Gasteiger charge is 2.31. The molecule has 35 heavy (non-hydrogen) atoms. The molecule has 1 aliphatic rings. The van der Waals surface area contributed by atoms with Gasteiger partial charge in [0.05, 0.1) is 4.91 Å². The predicted molar refractivity (Wildman–Crippen MR) is 150 cm³/mol. The minimum absolute atomic E-state index is 0.0196. The summed E-state index contributed by atoms with van der Waals surface area (Å²) in [5.74, 6) is -0.0180. The van der Waals surface area contributed by atoms with Gasteiger partial charge in [0.15, 0.2) is 0 Å². The molecule has 6 heteroatoms. The molecule has 2 amide bonds. The number of amides is 2. The molecule has 0 saturated carbocycles. The van der Waals surface area contributed by atoms with E-state index >= 15 is 0 Å². The van der Waals surface area contributed by atoms with Gasteiger partial charge in [-0.25, -0.2) is 0 Å². The number of carbonyl (C=O) groups excluding carboxylic acids is 2. The van der Waals surface area contributed by atoms with E-state index in [0.717, 1.165) is 47.2 Å². The van der Waals surface area contributed by atoms with E-state index in [0.29, 0.717) is 22.2 Å². The number of aryl methyl sites for hydroxylation is 1. The van der Waals surface area contributed by atoms with Crippen LogP contribution in [0.15, 0.2) is 83.8 Å². The number of nitrogens with one attached hydrogen (secondary N) is 1. The lowest BCUT2D eigenvalue weighted by Gasteiger charge is -2.14. The number of carbonyl (C=O) groups is 2. The van der Waals surface area contributed by atoms with E-state index in [4.69, 9.17) is 12.2 Å². The van der Waals surface area contributed by atoms with Crippen molar-refractivity contribution in [3.63, 3.8) is 0 Å². The van der Waals surface area contributed by atoms with Gasteiger partial charge in [0.1, 0.15) is 4.32 Å². The van der Waals surface area contributed by atoms with Crippen molar-refractivity contribution < 1.29 is 9.59 Å². The lowest BCUT2D eigenvalue weighted by atomic mass is 10.0. The molecule has 0 radical (unpaired) electrons. The van der Waals surface area contributed by atoms with Gasteiger partial charge in [-0.3, -0.25) is 14.5 Å². The molecule has 4 rings (SSSR count). The topological polar surface area (TPSA) is 49.4 Å². The van der Waals surface area contributed by atoms with Gasteiger partial charge in [-0.1, -0.05) is 103 Å². The molecule has 1 aliphatic heterocycles. The highest BCUT2D eigenvalue weighted by Crippen LogP contribution is 2.33. The van der Waals surface area contributed by atoms with Crippen LogP contribution < -0.4 is 5.32 Å². The monoisotopic (exact) mass is 500 g/mol. The van der Waals surface area contributed by atoms with Crippen molar-refractivity contribution in [3.8, 4) is 11.1 Å². The summed E-state index contributed by atoms with van der Waals surface area (Å²) >= 11 is 6.82. The molecular weight excluding hydrogens is 472 g/mol. The number of thiocarbonyl (C=S) groups is 1. The lowest BCUT2D eigenvalue weighted by Crippen LogP contribution is -2.29. The van der Waals surface area contributed by atoms with Crippen molar-refractivity contribution in [2.45, 2.75) is 32.6 Å². The van der Waals surface area contributed by atoms with E-state index in [1.807, 2.05) is 67.6 Å². The van der Waals surface area contributed by atoms with Gasteiger partial charge in [-0.15, -0.1) is 0 Å². The van der Waals surface area contributed by atoms with Gasteiger partial charge in [-0.05, 0) is 54.2 Å². The van der Waals surface area contributed by atoms with E-state index in [1.165, 1.54) is 11.8 Å². The molecule has 4 nitrogen and oxygen atoms in total. The minimum atomic E-state index is -0.0376. The highest BCUT2D eigenvalue weighted by molar-refractivity contribution is 8.26. The van der Waals surface area contributed by atoms with Crippen LogP contribution in [0.3, 0.4) is 0 Å². The van der Waals surface area contributed by atoms with E-state index < -0.39 is 0 Å². The van der Waals surface area contributed by atoms with Gasteiger partial charge in [0.2, 0.25) is 5.91 Å². The Morgan fingerprint density at radius 3 is 2.34 bits per heavy atom. The number of rotatable bonds is 9. The summed E-state index contributed by atoms with van der Waals surface area (Å²) in [5, 5.41) is 2.96. The molecule has 0 bridgehead atoms. The summed E-state index contributed by atoms with van der Waals surface area (Å²) in [5.41, 5.74) is 5.19. The van der Waals surface area contributed by atoms with Gasteiger partial charge in [0, 0.05) is 18.7 Å². The number of thioether (sulfide) groups is 1. The first-order chi connectivity index (χ1) is 17.0. The Kier molecular flexibility index (Phi) is 8.50. The quantitative estimate of drug-likeness (QED) is 0.194. The smallest absolute Gasteiger partial charge is 0.266 e. The highest BCUT2D eigenvalue weighted by atomic mass is 32.2. The maximum Gasteiger partial charge on any atom is 0.266 e. The maximum absolute atomic E-state index is 12.9.